The summed E-state index contributed by atoms with van der Waals surface area (Å²) in [6.45, 7) is 0. The minimum absolute atomic E-state index is 0.306. The summed E-state index contributed by atoms with van der Waals surface area (Å²) in [4.78, 5) is 11.8. The zero-order valence-corrected chi connectivity index (χ0v) is 10.2. The second-order valence-corrected chi connectivity index (χ2v) is 4.31. The predicted octanol–water partition coefficient (Wildman–Crippen LogP) is 3.28. The molecule has 0 spiro atoms. The summed E-state index contributed by atoms with van der Waals surface area (Å²) < 4.78 is 5.34. The van der Waals surface area contributed by atoms with Crippen molar-refractivity contribution >= 4 is 11.7 Å². The molecule has 1 N–H and O–H groups in total. The Bertz CT molecular complexity index is 605. The maximum absolute atomic E-state index is 11.8. The number of carbonyl (C=O) groups excluding carboxylic acids is 1. The van der Waals surface area contributed by atoms with Crippen molar-refractivity contribution in [3.63, 3.8) is 0 Å². The molecule has 3 rings (SSSR count). The Labute approximate surface area is 111 Å². The molecule has 0 aliphatic carbocycles. The number of rotatable bonds is 3. The lowest BCUT2D eigenvalue weighted by molar-refractivity contribution is -0.139. The fraction of sp³-hybridized carbons (Fsp3) is 0.0625. The number of para-hydroxylation sites is 1. The van der Waals surface area contributed by atoms with Gasteiger partial charge in [-0.3, -0.25) is 0 Å². The van der Waals surface area contributed by atoms with Crippen LogP contribution in [0.2, 0.25) is 0 Å². The maximum Gasteiger partial charge on any atom is 0.355 e. The van der Waals surface area contributed by atoms with Crippen LogP contribution >= 0.6 is 0 Å². The molecule has 2 aromatic carbocycles. The first kappa shape index (κ1) is 11.5. The van der Waals surface area contributed by atoms with Gasteiger partial charge >= 0.3 is 5.97 Å². The first-order chi connectivity index (χ1) is 9.33. The van der Waals surface area contributed by atoms with Gasteiger partial charge in [-0.25, -0.2) is 4.79 Å². The molecule has 19 heavy (non-hydrogen) atoms. The van der Waals surface area contributed by atoms with Crippen LogP contribution in [0, 0.1) is 0 Å². The van der Waals surface area contributed by atoms with Crippen molar-refractivity contribution in [1.29, 1.82) is 0 Å². The normalized spacial score (nSPS) is 17.8. The molecule has 0 fully saturated rings. The Balaban J connectivity index is 1.81. The molecule has 94 valence electrons. The molecular weight excluding hydrogens is 238 g/mol. The van der Waals surface area contributed by atoms with E-state index in [1.165, 1.54) is 0 Å². The zero-order valence-electron chi connectivity index (χ0n) is 10.2. The topological polar surface area (TPSA) is 38.3 Å². The number of hydrogen-bond acceptors (Lipinski definition) is 3. The number of hydrogen-bond donors (Lipinski definition) is 1. The molecule has 1 aliphatic heterocycles. The van der Waals surface area contributed by atoms with Gasteiger partial charge in [0.25, 0.3) is 0 Å². The Kier molecular flexibility index (Phi) is 3.02. The summed E-state index contributed by atoms with van der Waals surface area (Å²) in [6, 6.07) is 19.3. The third kappa shape index (κ3) is 2.50. The van der Waals surface area contributed by atoms with Crippen LogP contribution in [0.1, 0.15) is 11.7 Å². The largest absolute Gasteiger partial charge is 0.448 e. The van der Waals surface area contributed by atoms with Gasteiger partial charge in [-0.2, -0.15) is 0 Å². The molecule has 0 radical (unpaired) electrons. The lowest BCUT2D eigenvalue weighted by Crippen LogP contribution is -2.08. The number of benzene rings is 2. The molecule has 3 nitrogen and oxygen atoms in total. The summed E-state index contributed by atoms with van der Waals surface area (Å²) in [5, 5.41) is 3.08. The van der Waals surface area contributed by atoms with Crippen molar-refractivity contribution in [2.24, 2.45) is 0 Å². The zero-order chi connectivity index (χ0) is 13.1. The summed E-state index contributed by atoms with van der Waals surface area (Å²) in [7, 11) is 0. The lowest BCUT2D eigenvalue weighted by atomic mass is 10.1. The number of anilines is 1. The van der Waals surface area contributed by atoms with Crippen LogP contribution in [0.4, 0.5) is 5.69 Å². The third-order valence-electron chi connectivity index (χ3n) is 2.95. The number of ether oxygens (including phenoxy) is 1. The van der Waals surface area contributed by atoms with Crippen molar-refractivity contribution < 1.29 is 9.53 Å². The minimum atomic E-state index is -0.322. The first-order valence-electron chi connectivity index (χ1n) is 6.13. The average molecular weight is 251 g/mol. The molecule has 0 saturated carbocycles. The fourth-order valence-electron chi connectivity index (χ4n) is 2.01. The monoisotopic (exact) mass is 251 g/mol. The maximum atomic E-state index is 11.8. The van der Waals surface area contributed by atoms with Crippen LogP contribution in [0.3, 0.4) is 0 Å². The SMILES string of the molecule is O=C1O[C@H](c2ccccc2)C=C1Nc1ccccc1. The van der Waals surface area contributed by atoms with Crippen LogP contribution in [-0.4, -0.2) is 5.97 Å². The second kappa shape index (κ2) is 4.98. The van der Waals surface area contributed by atoms with Crippen molar-refractivity contribution in [3.05, 3.63) is 78.0 Å². The quantitative estimate of drug-likeness (QED) is 0.851. The molecule has 1 aliphatic rings. The van der Waals surface area contributed by atoms with Crippen LogP contribution in [0.25, 0.3) is 0 Å². The smallest absolute Gasteiger partial charge is 0.355 e. The molecule has 1 atom stereocenters. The van der Waals surface area contributed by atoms with Gasteiger partial charge in [-0.1, -0.05) is 48.5 Å². The Morgan fingerprint density at radius 1 is 0.895 bits per heavy atom. The third-order valence-corrected chi connectivity index (χ3v) is 2.95. The molecule has 0 unspecified atom stereocenters. The Morgan fingerprint density at radius 2 is 1.53 bits per heavy atom. The lowest BCUT2D eigenvalue weighted by Gasteiger charge is -2.07. The molecule has 0 aromatic heterocycles. The predicted molar refractivity (Wildman–Crippen MR) is 73.4 cm³/mol. The van der Waals surface area contributed by atoms with Gasteiger partial charge in [0.15, 0.2) is 0 Å². The molecule has 1 heterocycles. The van der Waals surface area contributed by atoms with E-state index in [2.05, 4.69) is 5.32 Å². The highest BCUT2D eigenvalue weighted by Gasteiger charge is 2.26. The van der Waals surface area contributed by atoms with E-state index < -0.39 is 0 Å². The van der Waals surface area contributed by atoms with E-state index >= 15 is 0 Å². The molecule has 0 saturated heterocycles. The van der Waals surface area contributed by atoms with E-state index in [-0.39, 0.29) is 12.1 Å². The van der Waals surface area contributed by atoms with Crippen molar-refractivity contribution in [1.82, 2.24) is 0 Å². The Morgan fingerprint density at radius 3 is 2.21 bits per heavy atom. The van der Waals surface area contributed by atoms with Gasteiger partial charge in [0.05, 0.1) is 0 Å². The van der Waals surface area contributed by atoms with E-state index in [0.29, 0.717) is 5.70 Å². The summed E-state index contributed by atoms with van der Waals surface area (Å²) in [5.74, 6) is -0.322. The summed E-state index contributed by atoms with van der Waals surface area (Å²) in [5.41, 5.74) is 2.33. The van der Waals surface area contributed by atoms with E-state index in [1.54, 1.807) is 0 Å². The van der Waals surface area contributed by atoms with Gasteiger partial charge in [-0.05, 0) is 23.8 Å². The van der Waals surface area contributed by atoms with Gasteiger partial charge in [-0.15, -0.1) is 0 Å². The molecular formula is C16H13NO2. The molecule has 0 amide bonds. The highest BCUT2D eigenvalue weighted by Crippen LogP contribution is 2.28. The van der Waals surface area contributed by atoms with E-state index in [0.717, 1.165) is 11.3 Å². The number of carbonyl (C=O) groups is 1. The molecule has 0 bridgehead atoms. The van der Waals surface area contributed by atoms with Gasteiger partial charge < -0.3 is 10.1 Å². The summed E-state index contributed by atoms with van der Waals surface area (Å²) >= 11 is 0. The average Bonchev–Trinajstić information content (AvgIpc) is 2.82. The summed E-state index contributed by atoms with van der Waals surface area (Å²) in [6.07, 6.45) is 1.50. The fourth-order valence-corrected chi connectivity index (χ4v) is 2.01. The van der Waals surface area contributed by atoms with E-state index in [1.807, 2.05) is 66.7 Å². The van der Waals surface area contributed by atoms with Crippen molar-refractivity contribution in [3.8, 4) is 0 Å². The van der Waals surface area contributed by atoms with Crippen LogP contribution in [-0.2, 0) is 9.53 Å². The molecule has 3 heteroatoms. The number of esters is 1. The van der Waals surface area contributed by atoms with Crippen LogP contribution in [0.5, 0.6) is 0 Å². The Hall–Kier alpha value is -2.55. The number of nitrogens with one attached hydrogen (secondary N) is 1. The van der Waals surface area contributed by atoms with E-state index in [4.69, 9.17) is 4.74 Å². The van der Waals surface area contributed by atoms with Crippen LogP contribution < -0.4 is 5.32 Å². The van der Waals surface area contributed by atoms with Gasteiger partial charge in [0, 0.05) is 5.69 Å². The van der Waals surface area contributed by atoms with E-state index in [9.17, 15) is 4.79 Å². The number of cyclic esters (lactones) is 1. The highest BCUT2D eigenvalue weighted by atomic mass is 16.5. The first-order valence-corrected chi connectivity index (χ1v) is 6.13. The van der Waals surface area contributed by atoms with Crippen molar-refractivity contribution in [2.45, 2.75) is 6.10 Å². The van der Waals surface area contributed by atoms with Gasteiger partial charge in [0.1, 0.15) is 11.8 Å². The second-order valence-electron chi connectivity index (χ2n) is 4.31. The standard InChI is InChI=1S/C16H13NO2/c18-16-14(17-13-9-5-2-6-10-13)11-15(19-16)12-7-3-1-4-8-12/h1-11,15,17H/t15-/m0/s1. The van der Waals surface area contributed by atoms with Crippen LogP contribution in [0.15, 0.2) is 72.4 Å². The molecule has 2 aromatic rings. The minimum Gasteiger partial charge on any atom is -0.448 e. The van der Waals surface area contributed by atoms with Crippen molar-refractivity contribution in [2.75, 3.05) is 5.32 Å². The highest BCUT2D eigenvalue weighted by molar-refractivity contribution is 5.94. The van der Waals surface area contributed by atoms with Gasteiger partial charge in [0.2, 0.25) is 0 Å².